The molecule has 0 aromatic carbocycles. The molecule has 1 heterocycles. The molecule has 0 atom stereocenters. The summed E-state index contributed by atoms with van der Waals surface area (Å²) in [6.07, 6.45) is -4.86. The first-order valence-corrected chi connectivity index (χ1v) is 8.38. The van der Waals surface area contributed by atoms with Crippen LogP contribution in [-0.4, -0.2) is 31.3 Å². The number of nitrogens with zero attached hydrogens (tertiary/aromatic N) is 1. The molecule has 1 rings (SSSR count). The van der Waals surface area contributed by atoms with Crippen LogP contribution in [0.5, 0.6) is 0 Å². The van der Waals surface area contributed by atoms with Gasteiger partial charge in [0.2, 0.25) is 0 Å². The van der Waals surface area contributed by atoms with Crippen molar-refractivity contribution in [3.05, 3.63) is 0 Å². The molecule has 1 aromatic rings. The monoisotopic (exact) mass is 331 g/mol. The maximum Gasteiger partial charge on any atom is 0.389 e. The van der Waals surface area contributed by atoms with Crippen molar-refractivity contribution in [2.45, 2.75) is 37.3 Å². The van der Waals surface area contributed by atoms with Gasteiger partial charge in [0.1, 0.15) is 9.90 Å². The van der Waals surface area contributed by atoms with Crippen LogP contribution in [0.4, 0.5) is 24.0 Å². The second-order valence-corrected chi connectivity index (χ2v) is 7.01. The van der Waals surface area contributed by atoms with Gasteiger partial charge in [-0.15, -0.1) is 0 Å². The van der Waals surface area contributed by atoms with Crippen molar-refractivity contribution in [2.75, 3.05) is 23.3 Å². The van der Waals surface area contributed by atoms with Crippen LogP contribution in [0, 0.1) is 0 Å². The molecule has 0 saturated carbocycles. The van der Waals surface area contributed by atoms with Crippen molar-refractivity contribution in [1.29, 1.82) is 0 Å². The Morgan fingerprint density at radius 3 is 2.60 bits per heavy atom. The van der Waals surface area contributed by atoms with Crippen molar-refractivity contribution in [2.24, 2.45) is 0 Å². The van der Waals surface area contributed by atoms with E-state index in [0.29, 0.717) is 6.42 Å². The van der Waals surface area contributed by atoms with Crippen LogP contribution in [0.3, 0.4) is 0 Å². The van der Waals surface area contributed by atoms with E-state index in [1.807, 2.05) is 0 Å². The number of hydrogen-bond donors (Lipinski definition) is 2. The fraction of sp³-hybridized carbons (Fsp3) is 0.700. The highest BCUT2D eigenvalue weighted by Crippen LogP contribution is 2.32. The fourth-order valence-corrected chi connectivity index (χ4v) is 4.21. The molecule has 0 aliphatic heterocycles. The topological polar surface area (TPSA) is 85.1 Å². The van der Waals surface area contributed by atoms with Crippen LogP contribution in [0.15, 0.2) is 4.90 Å². The zero-order valence-corrected chi connectivity index (χ0v) is 12.5. The summed E-state index contributed by atoms with van der Waals surface area (Å²) in [5.74, 6) is -0.186. The van der Waals surface area contributed by atoms with Gasteiger partial charge >= 0.3 is 6.18 Å². The number of nitrogens with two attached hydrogens (primary N) is 1. The summed E-state index contributed by atoms with van der Waals surface area (Å²) in [7, 11) is -3.56. The Morgan fingerprint density at radius 1 is 1.40 bits per heavy atom. The van der Waals surface area contributed by atoms with Crippen molar-refractivity contribution in [3.8, 4) is 0 Å². The van der Waals surface area contributed by atoms with Crippen LogP contribution in [0.1, 0.15) is 26.2 Å². The third kappa shape index (κ3) is 4.82. The second-order valence-electron chi connectivity index (χ2n) is 4.19. The SMILES string of the molecule is CCCS(=O)(=O)c1c(N)nsc1NCCCC(F)(F)F. The highest BCUT2D eigenvalue weighted by atomic mass is 32.2. The lowest BCUT2D eigenvalue weighted by Gasteiger charge is -2.09. The zero-order chi connectivity index (χ0) is 15.4. The van der Waals surface area contributed by atoms with E-state index in [4.69, 9.17) is 5.73 Å². The molecule has 20 heavy (non-hydrogen) atoms. The summed E-state index contributed by atoms with van der Waals surface area (Å²) < 4.78 is 63.7. The van der Waals surface area contributed by atoms with E-state index in [1.165, 1.54) is 0 Å². The summed E-state index contributed by atoms with van der Waals surface area (Å²) in [4.78, 5) is -0.101. The molecule has 0 fully saturated rings. The van der Waals surface area contributed by atoms with Gasteiger partial charge in [-0.05, 0) is 24.4 Å². The molecule has 0 aliphatic carbocycles. The Hall–Kier alpha value is -1.03. The third-order valence-corrected chi connectivity index (χ3v) is 5.31. The Kier molecular flexibility index (Phi) is 5.63. The lowest BCUT2D eigenvalue weighted by molar-refractivity contribution is -0.134. The molecule has 0 radical (unpaired) electrons. The normalized spacial score (nSPS) is 12.6. The molecule has 0 amide bonds. The zero-order valence-electron chi connectivity index (χ0n) is 10.8. The lowest BCUT2D eigenvalue weighted by Crippen LogP contribution is -2.13. The number of sulfone groups is 1. The average Bonchev–Trinajstić information content (AvgIpc) is 2.65. The highest BCUT2D eigenvalue weighted by molar-refractivity contribution is 7.91. The van der Waals surface area contributed by atoms with Crippen LogP contribution in [0.25, 0.3) is 0 Å². The minimum atomic E-state index is -4.22. The first-order valence-electron chi connectivity index (χ1n) is 5.96. The largest absolute Gasteiger partial charge is 0.389 e. The van der Waals surface area contributed by atoms with Gasteiger partial charge in [0.25, 0.3) is 0 Å². The van der Waals surface area contributed by atoms with Crippen molar-refractivity contribution < 1.29 is 21.6 Å². The lowest BCUT2D eigenvalue weighted by atomic mass is 10.3. The summed E-state index contributed by atoms with van der Waals surface area (Å²) >= 11 is 0.840. The van der Waals surface area contributed by atoms with Crippen LogP contribution >= 0.6 is 11.5 Å². The molecule has 0 aliphatic rings. The average molecular weight is 331 g/mol. The number of hydrogen-bond acceptors (Lipinski definition) is 6. The molecule has 0 spiro atoms. The molecule has 116 valence electrons. The van der Waals surface area contributed by atoms with Gasteiger partial charge in [-0.25, -0.2) is 8.42 Å². The van der Waals surface area contributed by atoms with Gasteiger partial charge in [0.05, 0.1) is 5.75 Å². The highest BCUT2D eigenvalue weighted by Gasteiger charge is 2.27. The third-order valence-electron chi connectivity index (χ3n) is 2.38. The molecular formula is C10H16F3N3O2S2. The van der Waals surface area contributed by atoms with E-state index in [0.717, 1.165) is 11.5 Å². The number of nitrogen functional groups attached to an aromatic ring is 1. The molecule has 10 heteroatoms. The number of anilines is 2. The summed E-state index contributed by atoms with van der Waals surface area (Å²) in [6, 6.07) is 0. The van der Waals surface area contributed by atoms with Crippen LogP contribution in [0.2, 0.25) is 0 Å². The molecule has 0 unspecified atom stereocenters. The number of halogens is 3. The van der Waals surface area contributed by atoms with Crippen molar-refractivity contribution >= 4 is 32.2 Å². The molecular weight excluding hydrogens is 315 g/mol. The minimum Gasteiger partial charge on any atom is -0.382 e. The summed E-state index contributed by atoms with van der Waals surface area (Å²) in [6.45, 7) is 1.72. The Bertz CT molecular complexity index is 540. The van der Waals surface area contributed by atoms with Gasteiger partial charge in [-0.3, -0.25) is 0 Å². The van der Waals surface area contributed by atoms with Gasteiger partial charge in [0, 0.05) is 13.0 Å². The van der Waals surface area contributed by atoms with E-state index in [9.17, 15) is 21.6 Å². The van der Waals surface area contributed by atoms with Crippen molar-refractivity contribution in [1.82, 2.24) is 4.37 Å². The van der Waals surface area contributed by atoms with Gasteiger partial charge in [0.15, 0.2) is 15.7 Å². The van der Waals surface area contributed by atoms with E-state index in [1.54, 1.807) is 6.92 Å². The first kappa shape index (κ1) is 17.0. The van der Waals surface area contributed by atoms with Crippen LogP contribution in [-0.2, 0) is 9.84 Å². The van der Waals surface area contributed by atoms with E-state index in [-0.39, 0.29) is 34.4 Å². The Morgan fingerprint density at radius 2 is 2.05 bits per heavy atom. The quantitative estimate of drug-likeness (QED) is 0.750. The van der Waals surface area contributed by atoms with Gasteiger partial charge < -0.3 is 11.1 Å². The summed E-state index contributed by atoms with van der Waals surface area (Å²) in [5, 5.41) is 2.87. The molecule has 5 nitrogen and oxygen atoms in total. The van der Waals surface area contributed by atoms with E-state index >= 15 is 0 Å². The van der Waals surface area contributed by atoms with Gasteiger partial charge in [-0.2, -0.15) is 17.5 Å². The molecule has 3 N–H and O–H groups in total. The first-order chi connectivity index (χ1) is 9.17. The maximum atomic E-state index is 12.0. The van der Waals surface area contributed by atoms with E-state index < -0.39 is 22.4 Å². The molecule has 0 bridgehead atoms. The maximum absolute atomic E-state index is 12.0. The predicted octanol–water partition coefficient (Wildman–Crippen LogP) is 2.66. The fourth-order valence-electron chi connectivity index (χ4n) is 1.57. The molecule has 1 aromatic heterocycles. The standard InChI is InChI=1S/C10H16F3N3O2S2/c1-2-6-20(17,18)7-8(14)16-19-9(7)15-5-3-4-10(11,12)13/h15H,2-6H2,1H3,(H2,14,16). The predicted molar refractivity (Wildman–Crippen MR) is 72.6 cm³/mol. The van der Waals surface area contributed by atoms with Crippen LogP contribution < -0.4 is 11.1 Å². The number of alkyl halides is 3. The van der Waals surface area contributed by atoms with Crippen molar-refractivity contribution in [3.63, 3.8) is 0 Å². The Balaban J connectivity index is 2.73. The Labute approximate surface area is 119 Å². The smallest absolute Gasteiger partial charge is 0.382 e. The second kappa shape index (κ2) is 6.61. The number of rotatable bonds is 7. The molecule has 0 saturated heterocycles. The summed E-state index contributed by atoms with van der Waals surface area (Å²) in [5.41, 5.74) is 5.53. The van der Waals surface area contributed by atoms with Gasteiger partial charge in [-0.1, -0.05) is 6.92 Å². The number of aromatic nitrogens is 1. The number of nitrogens with one attached hydrogen (secondary N) is 1. The van der Waals surface area contributed by atoms with E-state index in [2.05, 4.69) is 9.69 Å². The minimum absolute atomic E-state index is 0.00971.